The van der Waals surface area contributed by atoms with Crippen molar-refractivity contribution < 1.29 is 26.7 Å². The number of sulfonamides is 1. The molecule has 1 aliphatic rings. The van der Waals surface area contributed by atoms with E-state index in [4.69, 9.17) is 4.74 Å². The van der Waals surface area contributed by atoms with Gasteiger partial charge in [-0.05, 0) is 38.0 Å². The van der Waals surface area contributed by atoms with Crippen molar-refractivity contribution in [2.24, 2.45) is 0 Å². The van der Waals surface area contributed by atoms with Gasteiger partial charge in [0.15, 0.2) is 5.01 Å². The molecule has 0 bridgehead atoms. The summed E-state index contributed by atoms with van der Waals surface area (Å²) in [6.07, 6.45) is -0.321. The van der Waals surface area contributed by atoms with Crippen LogP contribution in [0.25, 0.3) is 0 Å². The SMILES string of the molecule is COc1ccc(C(=O)Nc2nnc(C(F)F)s2)cc1S(=O)(=O)N1CCCCC1C. The number of nitrogens with one attached hydrogen (secondary N) is 1. The second-order valence-electron chi connectivity index (χ2n) is 6.53. The minimum atomic E-state index is -3.89. The number of benzene rings is 1. The first-order valence-electron chi connectivity index (χ1n) is 8.87. The van der Waals surface area contributed by atoms with Crippen molar-refractivity contribution in [2.45, 2.75) is 43.5 Å². The van der Waals surface area contributed by atoms with Crippen LogP contribution < -0.4 is 10.1 Å². The molecule has 1 aromatic heterocycles. The number of piperidine rings is 1. The number of carbonyl (C=O) groups is 1. The number of hydrogen-bond donors (Lipinski definition) is 1. The smallest absolute Gasteiger partial charge is 0.291 e. The van der Waals surface area contributed by atoms with Gasteiger partial charge in [-0.2, -0.15) is 4.31 Å². The quantitative estimate of drug-likeness (QED) is 0.731. The van der Waals surface area contributed by atoms with E-state index in [0.717, 1.165) is 19.3 Å². The van der Waals surface area contributed by atoms with Gasteiger partial charge in [0.2, 0.25) is 15.2 Å². The molecule has 1 aliphatic heterocycles. The van der Waals surface area contributed by atoms with Gasteiger partial charge < -0.3 is 4.74 Å². The Labute approximate surface area is 170 Å². The fourth-order valence-electron chi connectivity index (χ4n) is 3.12. The largest absolute Gasteiger partial charge is 0.495 e. The highest BCUT2D eigenvalue weighted by atomic mass is 32.2. The van der Waals surface area contributed by atoms with Crippen molar-refractivity contribution in [1.82, 2.24) is 14.5 Å². The van der Waals surface area contributed by atoms with Gasteiger partial charge in [-0.1, -0.05) is 17.8 Å². The first-order valence-corrected chi connectivity index (χ1v) is 11.1. The molecule has 1 aromatic carbocycles. The third-order valence-electron chi connectivity index (χ3n) is 4.60. The number of amides is 1. The lowest BCUT2D eigenvalue weighted by molar-refractivity contribution is 0.102. The maximum Gasteiger partial charge on any atom is 0.291 e. The fraction of sp³-hybridized carbons (Fsp3) is 0.471. The third-order valence-corrected chi connectivity index (χ3v) is 7.48. The zero-order chi connectivity index (χ0) is 21.2. The Morgan fingerprint density at radius 1 is 1.34 bits per heavy atom. The van der Waals surface area contributed by atoms with Gasteiger partial charge in [0.25, 0.3) is 12.3 Å². The highest BCUT2D eigenvalue weighted by Gasteiger charge is 2.33. The number of ether oxygens (including phenoxy) is 1. The lowest BCUT2D eigenvalue weighted by Gasteiger charge is -2.32. The summed E-state index contributed by atoms with van der Waals surface area (Å²) in [5, 5.41) is 8.54. The lowest BCUT2D eigenvalue weighted by Crippen LogP contribution is -2.42. The summed E-state index contributed by atoms with van der Waals surface area (Å²) in [6.45, 7) is 2.24. The molecular weight excluding hydrogens is 426 g/mol. The van der Waals surface area contributed by atoms with Crippen LogP contribution in [0.3, 0.4) is 0 Å². The van der Waals surface area contributed by atoms with Crippen molar-refractivity contribution in [1.29, 1.82) is 0 Å². The Bertz CT molecular complexity index is 997. The molecule has 1 saturated heterocycles. The zero-order valence-electron chi connectivity index (χ0n) is 15.8. The number of halogens is 2. The zero-order valence-corrected chi connectivity index (χ0v) is 17.4. The van der Waals surface area contributed by atoms with Crippen LogP contribution in [0.5, 0.6) is 5.75 Å². The summed E-state index contributed by atoms with van der Waals surface area (Å²) in [4.78, 5) is 12.4. The highest BCUT2D eigenvalue weighted by molar-refractivity contribution is 7.89. The van der Waals surface area contributed by atoms with Gasteiger partial charge in [0.1, 0.15) is 10.6 Å². The van der Waals surface area contributed by atoms with Crippen LogP contribution in [0.1, 0.15) is 48.0 Å². The van der Waals surface area contributed by atoms with Gasteiger partial charge in [-0.25, -0.2) is 17.2 Å². The molecule has 0 radical (unpaired) electrons. The maximum absolute atomic E-state index is 13.2. The highest BCUT2D eigenvalue weighted by Crippen LogP contribution is 2.32. The molecule has 1 N–H and O–H groups in total. The molecule has 29 heavy (non-hydrogen) atoms. The van der Waals surface area contributed by atoms with Crippen LogP contribution in [0.2, 0.25) is 0 Å². The molecule has 3 rings (SSSR count). The standard InChI is InChI=1S/C17H20F2N4O4S2/c1-10-5-3-4-8-23(10)29(25,26)13-9-11(6-7-12(13)27-2)15(24)20-17-22-21-16(28-17)14(18)19/h6-7,9-10,14H,3-5,8H2,1-2H3,(H,20,22,24). The minimum Gasteiger partial charge on any atom is -0.495 e. The van der Waals surface area contributed by atoms with Gasteiger partial charge in [-0.3, -0.25) is 10.1 Å². The summed E-state index contributed by atoms with van der Waals surface area (Å²) in [5.41, 5.74) is 0.0304. The molecular formula is C17H20F2N4O4S2. The van der Waals surface area contributed by atoms with E-state index in [9.17, 15) is 22.0 Å². The van der Waals surface area contributed by atoms with Crippen LogP contribution in [-0.2, 0) is 10.0 Å². The number of carbonyl (C=O) groups excluding carboxylic acids is 1. The predicted octanol–water partition coefficient (Wildman–Crippen LogP) is 3.30. The first kappa shape index (κ1) is 21.5. The molecule has 12 heteroatoms. The molecule has 0 spiro atoms. The van der Waals surface area contributed by atoms with Gasteiger partial charge in [0, 0.05) is 18.2 Å². The van der Waals surface area contributed by atoms with Gasteiger partial charge in [-0.15, -0.1) is 10.2 Å². The van der Waals surface area contributed by atoms with E-state index >= 15 is 0 Å². The molecule has 2 aromatic rings. The lowest BCUT2D eigenvalue weighted by atomic mass is 10.1. The molecule has 2 heterocycles. The summed E-state index contributed by atoms with van der Waals surface area (Å²) in [7, 11) is -2.54. The fourth-order valence-corrected chi connectivity index (χ4v) is 5.59. The van der Waals surface area contributed by atoms with Crippen molar-refractivity contribution in [2.75, 3.05) is 19.0 Å². The van der Waals surface area contributed by atoms with Crippen molar-refractivity contribution in [3.8, 4) is 5.75 Å². The van der Waals surface area contributed by atoms with E-state index in [-0.39, 0.29) is 27.4 Å². The van der Waals surface area contributed by atoms with E-state index in [2.05, 4.69) is 15.5 Å². The number of rotatable bonds is 6. The maximum atomic E-state index is 13.2. The topological polar surface area (TPSA) is 101 Å². The van der Waals surface area contributed by atoms with E-state index < -0.39 is 27.4 Å². The first-order chi connectivity index (χ1) is 13.7. The van der Waals surface area contributed by atoms with Crippen molar-refractivity contribution in [3.05, 3.63) is 28.8 Å². The average Bonchev–Trinajstić information content (AvgIpc) is 3.16. The third kappa shape index (κ3) is 4.54. The number of hydrogen-bond acceptors (Lipinski definition) is 7. The number of alkyl halides is 2. The number of methoxy groups -OCH3 is 1. The minimum absolute atomic E-state index is 0.0304. The molecule has 0 saturated carbocycles. The van der Waals surface area contributed by atoms with Gasteiger partial charge in [0.05, 0.1) is 7.11 Å². The van der Waals surface area contributed by atoms with E-state index in [1.807, 2.05) is 6.92 Å². The van der Waals surface area contributed by atoms with Crippen LogP contribution in [0.15, 0.2) is 23.1 Å². The normalized spacial score (nSPS) is 18.0. The molecule has 1 atom stereocenters. The molecule has 1 fully saturated rings. The van der Waals surface area contributed by atoms with E-state index in [0.29, 0.717) is 17.9 Å². The summed E-state index contributed by atoms with van der Waals surface area (Å²) < 4.78 is 58.3. The second-order valence-corrected chi connectivity index (χ2v) is 9.39. The van der Waals surface area contributed by atoms with Crippen molar-refractivity contribution in [3.63, 3.8) is 0 Å². The second kappa shape index (κ2) is 8.67. The number of anilines is 1. The van der Waals surface area contributed by atoms with Crippen molar-refractivity contribution >= 4 is 32.4 Å². The summed E-state index contributed by atoms with van der Waals surface area (Å²) in [6, 6.07) is 3.84. The predicted molar refractivity (Wildman–Crippen MR) is 103 cm³/mol. The molecule has 8 nitrogen and oxygen atoms in total. The molecule has 1 amide bonds. The Hall–Kier alpha value is -2.18. The molecule has 1 unspecified atom stereocenters. The summed E-state index contributed by atoms with van der Waals surface area (Å²) >= 11 is 0.549. The van der Waals surface area contributed by atoms with Gasteiger partial charge >= 0.3 is 0 Å². The Morgan fingerprint density at radius 3 is 2.72 bits per heavy atom. The van der Waals surface area contributed by atoms with Crippen LogP contribution >= 0.6 is 11.3 Å². The summed E-state index contributed by atoms with van der Waals surface area (Å²) in [5.74, 6) is -0.567. The van der Waals surface area contributed by atoms with Crippen LogP contribution in [-0.4, -0.2) is 48.5 Å². The Balaban J connectivity index is 1.90. The number of aromatic nitrogens is 2. The monoisotopic (exact) mass is 446 g/mol. The number of nitrogens with zero attached hydrogens (tertiary/aromatic N) is 3. The molecule has 158 valence electrons. The van der Waals surface area contributed by atoms with Crippen LogP contribution in [0.4, 0.5) is 13.9 Å². The Kier molecular flexibility index (Phi) is 6.44. The van der Waals surface area contributed by atoms with Crippen LogP contribution in [0, 0.1) is 0 Å². The van der Waals surface area contributed by atoms with E-state index in [1.165, 1.54) is 29.6 Å². The average molecular weight is 447 g/mol. The Morgan fingerprint density at radius 2 is 2.10 bits per heavy atom. The molecule has 0 aliphatic carbocycles. The van der Waals surface area contributed by atoms with E-state index in [1.54, 1.807) is 0 Å².